The van der Waals surface area contributed by atoms with Gasteiger partial charge in [-0.3, -0.25) is 4.79 Å². The van der Waals surface area contributed by atoms with E-state index in [1.807, 2.05) is 11.8 Å². The highest BCUT2D eigenvalue weighted by Crippen LogP contribution is 2.33. The van der Waals surface area contributed by atoms with E-state index in [1.54, 1.807) is 0 Å². The lowest BCUT2D eigenvalue weighted by Crippen LogP contribution is -2.36. The highest BCUT2D eigenvalue weighted by Gasteiger charge is 2.42. The van der Waals surface area contributed by atoms with Gasteiger partial charge in [0.05, 0.1) is 12.1 Å². The van der Waals surface area contributed by atoms with E-state index in [1.165, 1.54) is 25.7 Å². The van der Waals surface area contributed by atoms with Gasteiger partial charge in [-0.25, -0.2) is 4.79 Å². The summed E-state index contributed by atoms with van der Waals surface area (Å²) in [6.45, 7) is 0. The predicted molar refractivity (Wildman–Crippen MR) is 93.6 cm³/mol. The summed E-state index contributed by atoms with van der Waals surface area (Å²) in [5, 5.41) is 9.72. The Morgan fingerprint density at radius 2 is 1.91 bits per heavy atom. The second-order valence-electron chi connectivity index (χ2n) is 7.12. The Balaban J connectivity index is 1.29. The van der Waals surface area contributed by atoms with Gasteiger partial charge in [-0.2, -0.15) is 11.8 Å². The molecule has 2 saturated heterocycles. The largest absolute Gasteiger partial charge is 0.353 e. The molecule has 23 heavy (non-hydrogen) atoms. The third-order valence-electron chi connectivity index (χ3n) is 5.30. The molecule has 3 aliphatic rings. The lowest BCUT2D eigenvalue weighted by Gasteiger charge is -2.17. The van der Waals surface area contributed by atoms with Crippen molar-refractivity contribution in [3.05, 3.63) is 0 Å². The van der Waals surface area contributed by atoms with E-state index in [2.05, 4.69) is 16.0 Å². The van der Waals surface area contributed by atoms with Crippen LogP contribution in [0.2, 0.25) is 0 Å². The van der Waals surface area contributed by atoms with E-state index in [9.17, 15) is 9.59 Å². The van der Waals surface area contributed by atoms with Crippen molar-refractivity contribution in [3.63, 3.8) is 0 Å². The van der Waals surface area contributed by atoms with Crippen LogP contribution in [-0.2, 0) is 4.79 Å². The number of nitrogens with one attached hydrogen (secondary N) is 3. The monoisotopic (exact) mass is 339 g/mol. The molecule has 3 N–H and O–H groups in total. The van der Waals surface area contributed by atoms with Gasteiger partial charge in [0.25, 0.3) is 0 Å². The molecule has 0 aromatic carbocycles. The third kappa shape index (κ3) is 4.78. The summed E-state index contributed by atoms with van der Waals surface area (Å²) in [6.07, 6.45) is 11.2. The first kappa shape index (κ1) is 16.9. The van der Waals surface area contributed by atoms with E-state index >= 15 is 0 Å². The van der Waals surface area contributed by atoms with Crippen molar-refractivity contribution in [1.82, 2.24) is 16.0 Å². The van der Waals surface area contributed by atoms with Crippen LogP contribution in [0.5, 0.6) is 0 Å². The maximum absolute atomic E-state index is 12.1. The van der Waals surface area contributed by atoms with Crippen LogP contribution >= 0.6 is 11.8 Å². The van der Waals surface area contributed by atoms with Crippen molar-refractivity contribution >= 4 is 23.7 Å². The summed E-state index contributed by atoms with van der Waals surface area (Å²) < 4.78 is 0. The molecule has 6 heteroatoms. The smallest absolute Gasteiger partial charge is 0.315 e. The normalized spacial score (nSPS) is 31.1. The summed E-state index contributed by atoms with van der Waals surface area (Å²) in [5.74, 6) is 1.24. The van der Waals surface area contributed by atoms with Gasteiger partial charge < -0.3 is 16.0 Å². The number of thioether (sulfide) groups is 1. The van der Waals surface area contributed by atoms with E-state index in [4.69, 9.17) is 0 Å². The van der Waals surface area contributed by atoms with Crippen molar-refractivity contribution in [3.8, 4) is 0 Å². The molecule has 0 aromatic heterocycles. The molecule has 3 rings (SSSR count). The number of carbonyl (C=O) groups is 2. The van der Waals surface area contributed by atoms with Gasteiger partial charge in [0, 0.05) is 23.5 Å². The Morgan fingerprint density at radius 1 is 1.13 bits per heavy atom. The van der Waals surface area contributed by atoms with E-state index in [0.717, 1.165) is 37.9 Å². The fourth-order valence-corrected chi connectivity index (χ4v) is 5.54. The molecule has 0 unspecified atom stereocenters. The van der Waals surface area contributed by atoms with Crippen LogP contribution in [0.15, 0.2) is 0 Å². The number of urea groups is 1. The van der Waals surface area contributed by atoms with Gasteiger partial charge in [-0.05, 0) is 25.7 Å². The van der Waals surface area contributed by atoms with Gasteiger partial charge in [0.15, 0.2) is 0 Å². The summed E-state index contributed by atoms with van der Waals surface area (Å²) in [5.41, 5.74) is 0. The van der Waals surface area contributed by atoms with Crippen LogP contribution < -0.4 is 16.0 Å². The van der Waals surface area contributed by atoms with E-state index in [0.29, 0.717) is 23.8 Å². The molecule has 130 valence electrons. The van der Waals surface area contributed by atoms with Crippen molar-refractivity contribution in [2.24, 2.45) is 0 Å². The average Bonchev–Trinajstić information content (AvgIpc) is 2.94. The number of carbonyl (C=O) groups excluding carboxylic acids is 2. The molecule has 2 aliphatic heterocycles. The minimum absolute atomic E-state index is 0.0203. The number of fused-ring (bicyclic) bond motifs is 1. The van der Waals surface area contributed by atoms with Gasteiger partial charge in [-0.15, -0.1) is 0 Å². The SMILES string of the molecule is O=C(CCCC[C@@H]1SC[C@H]2NC(=O)N[C@@H]12)NC1CCCCCC1. The molecule has 2 heterocycles. The average molecular weight is 340 g/mol. The van der Waals surface area contributed by atoms with E-state index < -0.39 is 0 Å². The zero-order valence-electron chi connectivity index (χ0n) is 13.8. The number of amides is 3. The van der Waals surface area contributed by atoms with Crippen LogP contribution in [0.4, 0.5) is 4.79 Å². The van der Waals surface area contributed by atoms with Gasteiger partial charge in [0.1, 0.15) is 0 Å². The summed E-state index contributed by atoms with van der Waals surface area (Å²) >= 11 is 1.95. The Labute approximate surface area is 143 Å². The Bertz CT molecular complexity index is 424. The summed E-state index contributed by atoms with van der Waals surface area (Å²) in [6, 6.07) is 0.979. The summed E-state index contributed by atoms with van der Waals surface area (Å²) in [4.78, 5) is 23.4. The van der Waals surface area contributed by atoms with Crippen LogP contribution in [0.1, 0.15) is 64.2 Å². The second-order valence-corrected chi connectivity index (χ2v) is 8.40. The third-order valence-corrected chi connectivity index (χ3v) is 6.81. The zero-order valence-corrected chi connectivity index (χ0v) is 14.6. The second kappa shape index (κ2) is 8.27. The molecular formula is C17H29N3O2S. The first-order valence-electron chi connectivity index (χ1n) is 9.20. The standard InChI is InChI=1S/C17H29N3O2S/c21-15(18-12-7-3-1-2-4-8-12)10-6-5-9-14-16-13(11-23-14)19-17(22)20-16/h12-14,16H,1-11H2,(H,18,21)(H2,19,20,22)/t13-,14+,16-/m1/s1. The maximum Gasteiger partial charge on any atom is 0.315 e. The molecule has 0 bridgehead atoms. The summed E-state index contributed by atoms with van der Waals surface area (Å²) in [7, 11) is 0. The maximum atomic E-state index is 12.1. The lowest BCUT2D eigenvalue weighted by molar-refractivity contribution is -0.122. The molecule has 0 spiro atoms. The minimum atomic E-state index is -0.0203. The van der Waals surface area contributed by atoms with Crippen molar-refractivity contribution < 1.29 is 9.59 Å². The molecule has 3 fully saturated rings. The van der Waals surface area contributed by atoms with Crippen molar-refractivity contribution in [2.75, 3.05) is 5.75 Å². The van der Waals surface area contributed by atoms with Crippen LogP contribution in [-0.4, -0.2) is 41.1 Å². The first-order valence-corrected chi connectivity index (χ1v) is 10.3. The fraction of sp³-hybridized carbons (Fsp3) is 0.882. The fourth-order valence-electron chi connectivity index (χ4n) is 4.00. The van der Waals surface area contributed by atoms with Gasteiger partial charge in [-0.1, -0.05) is 32.1 Å². The highest BCUT2D eigenvalue weighted by atomic mass is 32.2. The first-order chi connectivity index (χ1) is 11.2. The Morgan fingerprint density at radius 3 is 2.70 bits per heavy atom. The van der Waals surface area contributed by atoms with Crippen LogP contribution in [0.3, 0.4) is 0 Å². The van der Waals surface area contributed by atoms with Crippen LogP contribution in [0.25, 0.3) is 0 Å². The number of rotatable bonds is 6. The minimum Gasteiger partial charge on any atom is -0.353 e. The molecule has 5 nitrogen and oxygen atoms in total. The highest BCUT2D eigenvalue weighted by molar-refractivity contribution is 8.00. The molecule has 0 radical (unpaired) electrons. The molecule has 1 saturated carbocycles. The topological polar surface area (TPSA) is 70.2 Å². The quantitative estimate of drug-likeness (QED) is 0.396. The zero-order chi connectivity index (χ0) is 16.1. The molecule has 1 aliphatic carbocycles. The van der Waals surface area contributed by atoms with E-state index in [-0.39, 0.29) is 18.0 Å². The molecule has 3 amide bonds. The molecule has 0 aromatic rings. The van der Waals surface area contributed by atoms with Crippen LogP contribution in [0, 0.1) is 0 Å². The lowest BCUT2D eigenvalue weighted by atomic mass is 10.0. The molecule has 3 atom stereocenters. The molecular weight excluding hydrogens is 310 g/mol. The number of unbranched alkanes of at least 4 members (excludes halogenated alkanes) is 1. The number of hydrogen-bond acceptors (Lipinski definition) is 3. The number of hydrogen-bond donors (Lipinski definition) is 3. The van der Waals surface area contributed by atoms with Crippen molar-refractivity contribution in [2.45, 2.75) is 87.6 Å². The Kier molecular flexibility index (Phi) is 6.08. The van der Waals surface area contributed by atoms with Gasteiger partial charge >= 0.3 is 6.03 Å². The predicted octanol–water partition coefficient (Wildman–Crippen LogP) is 2.55. The van der Waals surface area contributed by atoms with Crippen molar-refractivity contribution in [1.29, 1.82) is 0 Å². The Hall–Kier alpha value is -0.910. The van der Waals surface area contributed by atoms with Gasteiger partial charge in [0.2, 0.25) is 5.91 Å².